The topological polar surface area (TPSA) is 101 Å². The van der Waals surface area contributed by atoms with Crippen molar-refractivity contribution in [2.45, 2.75) is 6.54 Å². The fourth-order valence-electron chi connectivity index (χ4n) is 2.31. The van der Waals surface area contributed by atoms with E-state index >= 15 is 0 Å². The number of thioether (sulfide) groups is 1. The Morgan fingerprint density at radius 3 is 2.50 bits per heavy atom. The maximum Gasteiger partial charge on any atom is 0.293 e. The van der Waals surface area contributed by atoms with Gasteiger partial charge in [0.15, 0.2) is 0 Å². The van der Waals surface area contributed by atoms with Crippen LogP contribution in [0.3, 0.4) is 0 Å². The number of amides is 2. The van der Waals surface area contributed by atoms with E-state index in [-0.39, 0.29) is 22.9 Å². The first-order valence-corrected chi connectivity index (χ1v) is 8.93. The van der Waals surface area contributed by atoms with E-state index in [9.17, 15) is 24.8 Å². The number of nitro benzene ring substituents is 1. The highest BCUT2D eigenvalue weighted by atomic mass is 79.9. The number of rotatable bonds is 4. The number of aromatic hydroxyl groups is 1. The van der Waals surface area contributed by atoms with Gasteiger partial charge in [-0.05, 0) is 57.0 Å². The molecule has 1 saturated heterocycles. The molecular weight excluding hydrogens is 424 g/mol. The lowest BCUT2D eigenvalue weighted by atomic mass is 10.2. The highest BCUT2D eigenvalue weighted by molar-refractivity contribution is 9.10. The number of benzene rings is 2. The van der Waals surface area contributed by atoms with Gasteiger partial charge in [0, 0.05) is 12.1 Å². The molecule has 0 bridgehead atoms. The van der Waals surface area contributed by atoms with Gasteiger partial charge in [0.05, 0.1) is 20.8 Å². The van der Waals surface area contributed by atoms with Gasteiger partial charge in [-0.2, -0.15) is 0 Å². The molecule has 1 fully saturated rings. The zero-order valence-electron chi connectivity index (χ0n) is 13.1. The van der Waals surface area contributed by atoms with Crippen molar-refractivity contribution in [3.63, 3.8) is 0 Å². The normalized spacial score (nSPS) is 15.7. The first-order valence-electron chi connectivity index (χ1n) is 7.32. The molecule has 1 N–H and O–H groups in total. The lowest BCUT2D eigenvalue weighted by molar-refractivity contribution is -0.384. The Bertz CT molecular complexity index is 943. The van der Waals surface area contributed by atoms with E-state index in [1.807, 2.05) is 0 Å². The third-order valence-corrected chi connectivity index (χ3v) is 5.17. The molecule has 132 valence electrons. The molecular formula is C17H11BrN2O5S. The molecule has 0 unspecified atom stereocenters. The van der Waals surface area contributed by atoms with Crippen LogP contribution in [0, 0.1) is 10.1 Å². The Hall–Kier alpha value is -2.65. The fourth-order valence-corrected chi connectivity index (χ4v) is 3.54. The number of hydrogen-bond acceptors (Lipinski definition) is 6. The molecule has 2 aromatic carbocycles. The van der Waals surface area contributed by atoms with Crippen LogP contribution < -0.4 is 0 Å². The van der Waals surface area contributed by atoms with Crippen molar-refractivity contribution in [2.24, 2.45) is 0 Å². The molecule has 3 rings (SSSR count). The van der Waals surface area contributed by atoms with Crippen LogP contribution in [0.2, 0.25) is 0 Å². The molecule has 1 aliphatic heterocycles. The van der Waals surface area contributed by atoms with Crippen LogP contribution in [-0.2, 0) is 11.3 Å². The zero-order valence-corrected chi connectivity index (χ0v) is 15.5. The zero-order chi connectivity index (χ0) is 18.8. The maximum absolute atomic E-state index is 12.5. The predicted octanol–water partition coefficient (Wildman–Crippen LogP) is 4.30. The number of carbonyl (C=O) groups excluding carboxylic acids is 2. The molecule has 0 spiro atoms. The van der Waals surface area contributed by atoms with E-state index in [2.05, 4.69) is 15.9 Å². The number of imide groups is 1. The quantitative estimate of drug-likeness (QED) is 0.437. The molecule has 26 heavy (non-hydrogen) atoms. The SMILES string of the molecule is O=C1S/C(=C/c2ccc(O)c(Br)c2)C(=O)N1Cc1ccc([N+](=O)[O-])cc1. The summed E-state index contributed by atoms with van der Waals surface area (Å²) in [4.78, 5) is 36.2. The van der Waals surface area contributed by atoms with Crippen molar-refractivity contribution < 1.29 is 19.6 Å². The number of carbonyl (C=O) groups is 2. The number of phenols is 1. The molecule has 1 aliphatic rings. The van der Waals surface area contributed by atoms with Crippen LogP contribution in [-0.4, -0.2) is 26.1 Å². The summed E-state index contributed by atoms with van der Waals surface area (Å²) in [6.45, 7) is 0.0409. The van der Waals surface area contributed by atoms with E-state index in [0.717, 1.165) is 16.7 Å². The van der Waals surface area contributed by atoms with Crippen LogP contribution in [0.1, 0.15) is 11.1 Å². The standard InChI is InChI=1S/C17H11BrN2O5S/c18-13-7-11(3-6-14(13)21)8-15-16(22)19(17(23)26-15)9-10-1-4-12(5-2-10)20(24)25/h1-8,21H,9H2/b15-8+. The second-order valence-electron chi connectivity index (χ2n) is 5.40. The van der Waals surface area contributed by atoms with Crippen molar-refractivity contribution in [3.8, 4) is 5.75 Å². The van der Waals surface area contributed by atoms with Crippen molar-refractivity contribution in [2.75, 3.05) is 0 Å². The van der Waals surface area contributed by atoms with Gasteiger partial charge >= 0.3 is 0 Å². The number of phenolic OH excluding ortho intramolecular Hbond substituents is 1. The van der Waals surface area contributed by atoms with E-state index in [4.69, 9.17) is 0 Å². The average Bonchev–Trinajstić information content (AvgIpc) is 2.86. The minimum absolute atomic E-state index is 0.0409. The van der Waals surface area contributed by atoms with Crippen LogP contribution in [0.25, 0.3) is 6.08 Å². The predicted molar refractivity (Wildman–Crippen MR) is 100 cm³/mol. The van der Waals surface area contributed by atoms with E-state index < -0.39 is 16.1 Å². The minimum atomic E-state index is -0.511. The Kier molecular flexibility index (Phi) is 5.10. The largest absolute Gasteiger partial charge is 0.507 e. The number of non-ortho nitro benzene ring substituents is 1. The summed E-state index contributed by atoms with van der Waals surface area (Å²) in [6, 6.07) is 10.4. The highest BCUT2D eigenvalue weighted by Crippen LogP contribution is 2.34. The van der Waals surface area contributed by atoms with Gasteiger partial charge < -0.3 is 5.11 Å². The van der Waals surface area contributed by atoms with Crippen LogP contribution in [0.4, 0.5) is 10.5 Å². The van der Waals surface area contributed by atoms with E-state index in [0.29, 0.717) is 15.6 Å². The summed E-state index contributed by atoms with van der Waals surface area (Å²) in [7, 11) is 0. The van der Waals surface area contributed by atoms with Crippen LogP contribution >= 0.6 is 27.7 Å². The molecule has 0 aliphatic carbocycles. The number of hydrogen-bond donors (Lipinski definition) is 1. The van der Waals surface area contributed by atoms with Crippen molar-refractivity contribution >= 4 is 50.6 Å². The molecule has 7 nitrogen and oxygen atoms in total. The molecule has 0 aromatic heterocycles. The maximum atomic E-state index is 12.5. The Morgan fingerprint density at radius 1 is 1.19 bits per heavy atom. The van der Waals surface area contributed by atoms with Gasteiger partial charge in [-0.1, -0.05) is 18.2 Å². The van der Waals surface area contributed by atoms with Gasteiger partial charge in [-0.3, -0.25) is 24.6 Å². The molecule has 2 amide bonds. The summed E-state index contributed by atoms with van der Waals surface area (Å²) in [6.07, 6.45) is 1.57. The molecule has 9 heteroatoms. The second-order valence-corrected chi connectivity index (χ2v) is 7.25. The highest BCUT2D eigenvalue weighted by Gasteiger charge is 2.35. The van der Waals surface area contributed by atoms with Gasteiger partial charge in [0.1, 0.15) is 5.75 Å². The minimum Gasteiger partial charge on any atom is -0.507 e. The number of halogens is 1. The lowest BCUT2D eigenvalue weighted by Crippen LogP contribution is -2.27. The molecule has 0 atom stereocenters. The molecule has 1 heterocycles. The smallest absolute Gasteiger partial charge is 0.293 e. The summed E-state index contributed by atoms with van der Waals surface area (Å²) in [5.74, 6) is -0.351. The van der Waals surface area contributed by atoms with Crippen molar-refractivity contribution in [3.05, 3.63) is 73.1 Å². The number of nitrogens with zero attached hydrogens (tertiary/aromatic N) is 2. The third-order valence-electron chi connectivity index (χ3n) is 3.63. The Balaban J connectivity index is 1.79. The van der Waals surface area contributed by atoms with Crippen LogP contribution in [0.5, 0.6) is 5.75 Å². The van der Waals surface area contributed by atoms with Crippen LogP contribution in [0.15, 0.2) is 51.8 Å². The summed E-state index contributed by atoms with van der Waals surface area (Å²) >= 11 is 4.02. The Morgan fingerprint density at radius 2 is 1.88 bits per heavy atom. The average molecular weight is 435 g/mol. The molecule has 2 aromatic rings. The Labute approximate surface area is 160 Å². The summed E-state index contributed by atoms with van der Waals surface area (Å²) < 4.78 is 0.483. The molecule has 0 radical (unpaired) electrons. The van der Waals surface area contributed by atoms with E-state index in [1.54, 1.807) is 18.2 Å². The fraction of sp³-hybridized carbons (Fsp3) is 0.0588. The molecule has 0 saturated carbocycles. The first kappa shape index (κ1) is 18.2. The van der Waals surface area contributed by atoms with Gasteiger partial charge in [-0.15, -0.1) is 0 Å². The lowest BCUT2D eigenvalue weighted by Gasteiger charge is -2.12. The third kappa shape index (κ3) is 3.78. The summed E-state index contributed by atoms with van der Waals surface area (Å²) in [5, 5.41) is 19.8. The monoisotopic (exact) mass is 434 g/mol. The van der Waals surface area contributed by atoms with E-state index in [1.165, 1.54) is 30.3 Å². The second kappa shape index (κ2) is 7.30. The van der Waals surface area contributed by atoms with Gasteiger partial charge in [0.2, 0.25) is 0 Å². The van der Waals surface area contributed by atoms with Gasteiger partial charge in [-0.25, -0.2) is 0 Å². The first-order chi connectivity index (χ1) is 12.3. The van der Waals surface area contributed by atoms with Crippen molar-refractivity contribution in [1.82, 2.24) is 4.90 Å². The summed E-state index contributed by atoms with van der Waals surface area (Å²) in [5.41, 5.74) is 1.22. The number of nitro groups is 1. The van der Waals surface area contributed by atoms with Crippen molar-refractivity contribution in [1.29, 1.82) is 0 Å². The van der Waals surface area contributed by atoms with Gasteiger partial charge in [0.25, 0.3) is 16.8 Å².